The van der Waals surface area contributed by atoms with Crippen molar-refractivity contribution >= 4 is 5.78 Å². The minimum absolute atomic E-state index is 0.203. The minimum atomic E-state index is -1.48. The molecule has 3 rings (SSSR count). The molecule has 3 heterocycles. The van der Waals surface area contributed by atoms with Gasteiger partial charge in [-0.05, 0) is 0 Å². The van der Waals surface area contributed by atoms with Crippen molar-refractivity contribution in [1.29, 1.82) is 0 Å². The molecule has 0 bridgehead atoms. The highest BCUT2D eigenvalue weighted by atomic mass is 19.1. The smallest absolute Gasteiger partial charge is 0.280 e. The molecule has 118 valence electrons. The van der Waals surface area contributed by atoms with Crippen LogP contribution < -0.4 is 11.1 Å². The first kappa shape index (κ1) is 14.8. The van der Waals surface area contributed by atoms with E-state index in [1.165, 1.54) is 0 Å². The zero-order chi connectivity index (χ0) is 16.0. The van der Waals surface area contributed by atoms with Gasteiger partial charge in [-0.15, -0.1) is 0 Å². The number of aliphatic hydroxyl groups excluding tert-OH is 3. The van der Waals surface area contributed by atoms with Crippen LogP contribution in [0.5, 0.6) is 0 Å². The van der Waals surface area contributed by atoms with E-state index in [2.05, 4.69) is 9.97 Å². The van der Waals surface area contributed by atoms with E-state index in [0.717, 1.165) is 10.6 Å². The van der Waals surface area contributed by atoms with Gasteiger partial charge in [0.25, 0.3) is 11.1 Å². The third kappa shape index (κ3) is 2.22. The number of halogens is 1. The van der Waals surface area contributed by atoms with Gasteiger partial charge in [0.05, 0.1) is 18.2 Å². The Hall–Kier alpha value is -2.14. The fourth-order valence-electron chi connectivity index (χ4n) is 2.40. The molecule has 1 fully saturated rings. The standard InChI is InChI=1S/C12H12FN3O6/c13-6-1-7(18)14-12-15-11(21)4(2-16(6)12)10-9(20)8(19)5(3-17)22-10/h1-2,5,8-10,17,19-20H,3H2,(H,14,15,18,21). The fourth-order valence-corrected chi connectivity index (χ4v) is 2.40. The molecule has 4 N–H and O–H groups in total. The Morgan fingerprint density at radius 3 is 2.73 bits per heavy atom. The van der Waals surface area contributed by atoms with Crippen LogP contribution >= 0.6 is 0 Å². The highest BCUT2D eigenvalue weighted by Gasteiger charge is 2.44. The Kier molecular flexibility index (Phi) is 3.53. The van der Waals surface area contributed by atoms with Crippen molar-refractivity contribution in [2.45, 2.75) is 24.4 Å². The molecule has 4 unspecified atom stereocenters. The van der Waals surface area contributed by atoms with Gasteiger partial charge in [0.1, 0.15) is 24.4 Å². The predicted octanol–water partition coefficient (Wildman–Crippen LogP) is -2.32. The summed E-state index contributed by atoms with van der Waals surface area (Å²) in [5.41, 5.74) is -1.81. The summed E-state index contributed by atoms with van der Waals surface area (Å²) in [4.78, 5) is 28.9. The highest BCUT2D eigenvalue weighted by molar-refractivity contribution is 5.30. The van der Waals surface area contributed by atoms with Gasteiger partial charge in [0.15, 0.2) is 0 Å². The SMILES string of the molecule is O=c1cc(F)n2cc(C3OC(CO)C(O)C3O)c(=O)nc2[nH]1. The van der Waals surface area contributed by atoms with E-state index in [9.17, 15) is 24.2 Å². The molecule has 2 aromatic rings. The number of rotatable bonds is 2. The van der Waals surface area contributed by atoms with Crippen molar-refractivity contribution in [3.8, 4) is 0 Å². The quantitative estimate of drug-likeness (QED) is 0.457. The van der Waals surface area contributed by atoms with Crippen LogP contribution in [0.15, 0.2) is 21.9 Å². The van der Waals surface area contributed by atoms with Crippen molar-refractivity contribution in [2.24, 2.45) is 0 Å². The maximum absolute atomic E-state index is 13.8. The van der Waals surface area contributed by atoms with E-state index in [-0.39, 0.29) is 11.3 Å². The van der Waals surface area contributed by atoms with Gasteiger partial charge in [0.2, 0.25) is 11.7 Å². The molecule has 0 saturated carbocycles. The number of aliphatic hydroxyl groups is 3. The first-order chi connectivity index (χ1) is 10.4. The zero-order valence-electron chi connectivity index (χ0n) is 11.0. The number of aromatic nitrogens is 3. The van der Waals surface area contributed by atoms with Crippen molar-refractivity contribution < 1.29 is 24.4 Å². The van der Waals surface area contributed by atoms with E-state index < -0.39 is 48.1 Å². The third-order valence-corrected chi connectivity index (χ3v) is 3.51. The zero-order valence-corrected chi connectivity index (χ0v) is 11.0. The number of aromatic amines is 1. The molecular formula is C12H12FN3O6. The second-order valence-electron chi connectivity index (χ2n) is 4.91. The van der Waals surface area contributed by atoms with E-state index in [1.807, 2.05) is 0 Å². The molecular weight excluding hydrogens is 301 g/mol. The second-order valence-corrected chi connectivity index (χ2v) is 4.91. The summed E-state index contributed by atoms with van der Waals surface area (Å²) in [6.45, 7) is -0.557. The lowest BCUT2D eigenvalue weighted by Crippen LogP contribution is -2.33. The fraction of sp³-hybridized carbons (Fsp3) is 0.417. The molecule has 1 aliphatic heterocycles. The average Bonchev–Trinajstić information content (AvgIpc) is 2.74. The van der Waals surface area contributed by atoms with Crippen LogP contribution in [0.1, 0.15) is 11.7 Å². The van der Waals surface area contributed by atoms with Crippen molar-refractivity contribution in [2.75, 3.05) is 6.61 Å². The van der Waals surface area contributed by atoms with Crippen LogP contribution in [-0.4, -0.2) is 54.6 Å². The molecule has 0 aliphatic carbocycles. The summed E-state index contributed by atoms with van der Waals surface area (Å²) in [5.74, 6) is -1.26. The Morgan fingerprint density at radius 1 is 1.36 bits per heavy atom. The first-order valence-electron chi connectivity index (χ1n) is 6.37. The predicted molar refractivity (Wildman–Crippen MR) is 68.8 cm³/mol. The molecule has 10 heteroatoms. The number of ether oxygens (including phenoxy) is 1. The minimum Gasteiger partial charge on any atom is -0.394 e. The molecule has 0 spiro atoms. The van der Waals surface area contributed by atoms with Gasteiger partial charge in [-0.3, -0.25) is 19.0 Å². The summed E-state index contributed by atoms with van der Waals surface area (Å²) in [5, 5.41) is 28.6. The second kappa shape index (κ2) is 5.25. The van der Waals surface area contributed by atoms with Crippen LogP contribution in [0.3, 0.4) is 0 Å². The average molecular weight is 313 g/mol. The summed E-state index contributed by atoms with van der Waals surface area (Å²) >= 11 is 0. The summed E-state index contributed by atoms with van der Waals surface area (Å²) in [6.07, 6.45) is -4.18. The topological polar surface area (TPSA) is 137 Å². The third-order valence-electron chi connectivity index (χ3n) is 3.51. The monoisotopic (exact) mass is 313 g/mol. The normalized spacial score (nSPS) is 28.4. The molecule has 2 aromatic heterocycles. The van der Waals surface area contributed by atoms with Gasteiger partial charge in [-0.25, -0.2) is 0 Å². The summed E-state index contributed by atoms with van der Waals surface area (Å²) in [6, 6.07) is 0.667. The Labute approximate surface area is 121 Å². The van der Waals surface area contributed by atoms with Gasteiger partial charge in [-0.2, -0.15) is 9.37 Å². The number of H-pyrrole nitrogens is 1. The number of nitrogens with zero attached hydrogens (tertiary/aromatic N) is 2. The van der Waals surface area contributed by atoms with Gasteiger partial charge in [0, 0.05) is 6.20 Å². The summed E-state index contributed by atoms with van der Waals surface area (Å²) in [7, 11) is 0. The van der Waals surface area contributed by atoms with Crippen molar-refractivity contribution in [3.05, 3.63) is 44.5 Å². The van der Waals surface area contributed by atoms with Crippen LogP contribution in [0.25, 0.3) is 5.78 Å². The molecule has 9 nitrogen and oxygen atoms in total. The van der Waals surface area contributed by atoms with Gasteiger partial charge < -0.3 is 20.1 Å². The lowest BCUT2D eigenvalue weighted by molar-refractivity contribution is -0.0232. The Bertz CT molecular complexity index is 834. The van der Waals surface area contributed by atoms with Crippen LogP contribution in [0, 0.1) is 5.95 Å². The van der Waals surface area contributed by atoms with Gasteiger partial charge >= 0.3 is 0 Å². The van der Waals surface area contributed by atoms with Crippen LogP contribution in [0.4, 0.5) is 4.39 Å². The first-order valence-corrected chi connectivity index (χ1v) is 6.37. The molecule has 0 radical (unpaired) electrons. The van der Waals surface area contributed by atoms with Crippen LogP contribution in [-0.2, 0) is 4.74 Å². The maximum atomic E-state index is 13.8. The van der Waals surface area contributed by atoms with Crippen LogP contribution in [0.2, 0.25) is 0 Å². The lowest BCUT2D eigenvalue weighted by Gasteiger charge is -2.14. The number of fused-ring (bicyclic) bond motifs is 1. The number of hydrogen-bond donors (Lipinski definition) is 4. The number of nitrogens with one attached hydrogen (secondary N) is 1. The maximum Gasteiger partial charge on any atom is 0.280 e. The van der Waals surface area contributed by atoms with E-state index in [1.54, 1.807) is 0 Å². The lowest BCUT2D eigenvalue weighted by atomic mass is 10.0. The highest BCUT2D eigenvalue weighted by Crippen LogP contribution is 2.31. The molecule has 4 atom stereocenters. The molecule has 0 aromatic carbocycles. The Morgan fingerprint density at radius 2 is 2.09 bits per heavy atom. The molecule has 22 heavy (non-hydrogen) atoms. The Balaban J connectivity index is 2.14. The molecule has 1 aliphatic rings. The van der Waals surface area contributed by atoms with E-state index >= 15 is 0 Å². The number of hydrogen-bond acceptors (Lipinski definition) is 7. The van der Waals surface area contributed by atoms with Gasteiger partial charge in [-0.1, -0.05) is 0 Å². The molecule has 0 amide bonds. The summed E-state index contributed by atoms with van der Waals surface area (Å²) < 4.78 is 19.8. The van der Waals surface area contributed by atoms with E-state index in [0.29, 0.717) is 6.07 Å². The largest absolute Gasteiger partial charge is 0.394 e. The molecule has 1 saturated heterocycles. The van der Waals surface area contributed by atoms with Crippen molar-refractivity contribution in [1.82, 2.24) is 14.4 Å². The van der Waals surface area contributed by atoms with E-state index in [4.69, 9.17) is 9.84 Å². The van der Waals surface area contributed by atoms with Crippen molar-refractivity contribution in [3.63, 3.8) is 0 Å².